The van der Waals surface area contributed by atoms with Crippen LogP contribution in [0.4, 0.5) is 14.5 Å². The summed E-state index contributed by atoms with van der Waals surface area (Å²) in [6.07, 6.45) is 1.55. The van der Waals surface area contributed by atoms with Crippen molar-refractivity contribution in [3.05, 3.63) is 71.3 Å². The number of phenols is 1. The number of nitrogens with one attached hydrogen (secondary N) is 1. The fraction of sp³-hybridized carbons (Fsp3) is 0.308. The van der Waals surface area contributed by atoms with Crippen LogP contribution in [-0.2, 0) is 19.2 Å². The van der Waals surface area contributed by atoms with E-state index in [9.17, 15) is 33.1 Å². The van der Waals surface area contributed by atoms with Crippen LogP contribution in [0, 0.1) is 29.4 Å². The maximum atomic E-state index is 14.6. The van der Waals surface area contributed by atoms with E-state index in [1.165, 1.54) is 24.3 Å². The van der Waals surface area contributed by atoms with Gasteiger partial charge in [-0.05, 0) is 49.1 Å². The van der Waals surface area contributed by atoms with Gasteiger partial charge in [-0.1, -0.05) is 23.8 Å². The molecule has 2 aliphatic heterocycles. The summed E-state index contributed by atoms with van der Waals surface area (Å²) in [5.74, 6) is -8.86. The van der Waals surface area contributed by atoms with Gasteiger partial charge in [-0.25, -0.2) is 13.7 Å². The summed E-state index contributed by atoms with van der Waals surface area (Å²) >= 11 is 14.2. The normalized spacial score (nSPS) is 34.6. The number of amides is 4. The van der Waals surface area contributed by atoms with Crippen LogP contribution in [0.2, 0.25) is 0 Å². The van der Waals surface area contributed by atoms with Gasteiger partial charge in [0.25, 0.3) is 11.8 Å². The Hall–Kier alpha value is -3.30. The van der Waals surface area contributed by atoms with Crippen LogP contribution >= 0.6 is 23.2 Å². The van der Waals surface area contributed by atoms with Crippen LogP contribution in [0.15, 0.2) is 54.1 Å². The van der Waals surface area contributed by atoms with E-state index in [-0.39, 0.29) is 24.1 Å². The van der Waals surface area contributed by atoms with Gasteiger partial charge >= 0.3 is 0 Å². The zero-order chi connectivity index (χ0) is 26.4. The number of rotatable bonds is 2. The summed E-state index contributed by atoms with van der Waals surface area (Å²) in [6.45, 7) is 0. The molecule has 6 rings (SSSR count). The Labute approximate surface area is 219 Å². The number of fused-ring (bicyclic) bond motifs is 4. The number of alkyl halides is 2. The van der Waals surface area contributed by atoms with Crippen molar-refractivity contribution in [2.24, 2.45) is 17.8 Å². The summed E-state index contributed by atoms with van der Waals surface area (Å²) in [5, 5.41) is 13.0. The number of imide groups is 2. The van der Waals surface area contributed by atoms with Crippen LogP contribution in [0.3, 0.4) is 0 Å². The fourth-order valence-electron chi connectivity index (χ4n) is 6.42. The highest BCUT2D eigenvalue weighted by molar-refractivity contribution is 6.58. The SMILES string of the molecule is O=C1NC(=O)C2C1CC=C1C2CC2(Cl)C(=O)N(c3ccc(F)cc3)C(=O)C2(Cl)C1c1cccc(F)c1O. The maximum absolute atomic E-state index is 14.6. The van der Waals surface area contributed by atoms with Crippen LogP contribution in [0.5, 0.6) is 5.75 Å². The monoisotopic (exact) mass is 546 g/mol. The van der Waals surface area contributed by atoms with Crippen LogP contribution in [0.25, 0.3) is 0 Å². The van der Waals surface area contributed by atoms with E-state index in [4.69, 9.17) is 23.2 Å². The molecule has 0 spiro atoms. The molecule has 190 valence electrons. The molecular formula is C26H18Cl2F2N2O5. The van der Waals surface area contributed by atoms with E-state index < -0.39 is 74.4 Å². The predicted octanol–water partition coefficient (Wildman–Crippen LogP) is 3.52. The fourth-order valence-corrected chi connectivity index (χ4v) is 7.35. The Kier molecular flexibility index (Phi) is 5.10. The number of allylic oxidation sites excluding steroid dienone is 2. The van der Waals surface area contributed by atoms with Gasteiger partial charge in [0.05, 0.1) is 17.5 Å². The van der Waals surface area contributed by atoms with Gasteiger partial charge in [0.1, 0.15) is 5.82 Å². The van der Waals surface area contributed by atoms with E-state index in [2.05, 4.69) is 5.32 Å². The van der Waals surface area contributed by atoms with Gasteiger partial charge in [-0.15, -0.1) is 23.2 Å². The summed E-state index contributed by atoms with van der Waals surface area (Å²) in [6, 6.07) is 8.30. The lowest BCUT2D eigenvalue weighted by Crippen LogP contribution is -2.60. The molecule has 11 heteroatoms. The van der Waals surface area contributed by atoms with Gasteiger partial charge in [-0.2, -0.15) is 0 Å². The second-order valence-electron chi connectivity index (χ2n) is 9.78. The minimum atomic E-state index is -2.24. The highest BCUT2D eigenvalue weighted by atomic mass is 35.5. The molecule has 3 fully saturated rings. The second-order valence-corrected chi connectivity index (χ2v) is 11.0. The number of carbonyl (C=O) groups excluding carboxylic acids is 4. The van der Waals surface area contributed by atoms with Crippen molar-refractivity contribution in [2.45, 2.75) is 28.5 Å². The number of nitrogens with zero attached hydrogens (tertiary/aromatic N) is 1. The highest BCUT2D eigenvalue weighted by Crippen LogP contribution is 2.66. The van der Waals surface area contributed by atoms with E-state index in [0.717, 1.165) is 23.1 Å². The molecule has 2 aliphatic carbocycles. The molecule has 6 unspecified atom stereocenters. The Balaban J connectivity index is 1.60. The number of carbonyl (C=O) groups is 4. The number of aromatic hydroxyl groups is 1. The second kappa shape index (κ2) is 7.85. The number of anilines is 1. The molecule has 1 saturated carbocycles. The predicted molar refractivity (Wildman–Crippen MR) is 128 cm³/mol. The lowest BCUT2D eigenvalue weighted by Gasteiger charge is -2.50. The molecule has 2 aromatic carbocycles. The van der Waals surface area contributed by atoms with Gasteiger partial charge in [0.2, 0.25) is 11.8 Å². The first-order valence-corrected chi connectivity index (χ1v) is 12.3. The molecule has 4 aliphatic rings. The Morgan fingerprint density at radius 1 is 0.946 bits per heavy atom. The molecule has 2 aromatic rings. The average molecular weight is 547 g/mol. The van der Waals surface area contributed by atoms with E-state index in [1.54, 1.807) is 6.08 Å². The zero-order valence-electron chi connectivity index (χ0n) is 18.9. The summed E-state index contributed by atoms with van der Waals surface area (Å²) < 4.78 is 28.1. The van der Waals surface area contributed by atoms with Crippen molar-refractivity contribution >= 4 is 52.5 Å². The largest absolute Gasteiger partial charge is 0.505 e. The minimum absolute atomic E-state index is 0.0247. The minimum Gasteiger partial charge on any atom is -0.505 e. The lowest BCUT2D eigenvalue weighted by molar-refractivity contribution is -0.127. The number of hydrogen-bond acceptors (Lipinski definition) is 5. The Bertz CT molecular complexity index is 1450. The van der Waals surface area contributed by atoms with Crippen LogP contribution in [-0.4, -0.2) is 38.5 Å². The van der Waals surface area contributed by atoms with Crippen molar-refractivity contribution in [1.29, 1.82) is 0 Å². The molecule has 0 aromatic heterocycles. The van der Waals surface area contributed by atoms with Gasteiger partial charge in [-0.3, -0.25) is 24.5 Å². The van der Waals surface area contributed by atoms with Crippen molar-refractivity contribution < 1.29 is 33.1 Å². The number of para-hydroxylation sites is 1. The Morgan fingerprint density at radius 3 is 2.35 bits per heavy atom. The number of benzene rings is 2. The molecule has 4 amide bonds. The summed E-state index contributed by atoms with van der Waals surface area (Å²) in [7, 11) is 0. The number of halogens is 4. The summed E-state index contributed by atoms with van der Waals surface area (Å²) in [5.41, 5.74) is 0.360. The first-order chi connectivity index (χ1) is 17.5. The van der Waals surface area contributed by atoms with Gasteiger partial charge in [0.15, 0.2) is 21.3 Å². The van der Waals surface area contributed by atoms with Gasteiger partial charge < -0.3 is 5.11 Å². The molecule has 37 heavy (non-hydrogen) atoms. The number of phenolic OH excluding ortho intramolecular Hbond substituents is 1. The van der Waals surface area contributed by atoms with Gasteiger partial charge in [0, 0.05) is 11.5 Å². The van der Waals surface area contributed by atoms with E-state index in [1.807, 2.05) is 0 Å². The third-order valence-corrected chi connectivity index (χ3v) is 9.48. The molecule has 2 N–H and O–H groups in total. The van der Waals surface area contributed by atoms with Crippen molar-refractivity contribution in [3.63, 3.8) is 0 Å². The standard InChI is InChI=1S/C26H18Cl2F2N2O5/c27-25-10-16-13(8-9-14-18(16)22(35)31-21(14)34)19(15-2-1-3-17(30)20(15)33)26(25,28)24(37)32(23(25)36)12-6-4-11(29)5-7-12/h1-8,14,16,18-19,33H,9-10H2,(H,31,34,35). The molecule has 0 bridgehead atoms. The topological polar surface area (TPSA) is 104 Å². The van der Waals surface area contributed by atoms with E-state index >= 15 is 0 Å². The third-order valence-electron chi connectivity index (χ3n) is 8.07. The first kappa shape index (κ1) is 24.1. The Morgan fingerprint density at radius 2 is 1.65 bits per heavy atom. The molecular weight excluding hydrogens is 529 g/mol. The quantitative estimate of drug-likeness (QED) is 0.340. The molecule has 6 atom stereocenters. The zero-order valence-corrected chi connectivity index (χ0v) is 20.4. The van der Waals surface area contributed by atoms with Crippen molar-refractivity contribution in [3.8, 4) is 5.75 Å². The van der Waals surface area contributed by atoms with Crippen molar-refractivity contribution in [1.82, 2.24) is 5.32 Å². The molecule has 2 saturated heterocycles. The smallest absolute Gasteiger partial charge is 0.258 e. The third kappa shape index (κ3) is 2.98. The van der Waals surface area contributed by atoms with Crippen LogP contribution in [0.1, 0.15) is 24.3 Å². The highest BCUT2D eigenvalue weighted by Gasteiger charge is 2.76. The van der Waals surface area contributed by atoms with Crippen molar-refractivity contribution in [2.75, 3.05) is 4.90 Å². The van der Waals surface area contributed by atoms with Crippen LogP contribution < -0.4 is 10.2 Å². The summed E-state index contributed by atoms with van der Waals surface area (Å²) in [4.78, 5) is 49.5. The number of hydrogen-bond donors (Lipinski definition) is 2. The first-order valence-electron chi connectivity index (χ1n) is 11.5. The molecule has 2 heterocycles. The average Bonchev–Trinajstić information content (AvgIpc) is 3.23. The van der Waals surface area contributed by atoms with E-state index in [0.29, 0.717) is 5.57 Å². The lowest BCUT2D eigenvalue weighted by atomic mass is 9.56. The maximum Gasteiger partial charge on any atom is 0.258 e. The molecule has 7 nitrogen and oxygen atoms in total. The molecule has 0 radical (unpaired) electrons.